The normalized spacial score (nSPS) is 16.1. The topological polar surface area (TPSA) is 69.6 Å². The Balaban J connectivity index is 2.43. The van der Waals surface area contributed by atoms with E-state index < -0.39 is 5.97 Å². The Kier molecular flexibility index (Phi) is 5.95. The molecule has 104 valence electrons. The first-order valence-corrected chi connectivity index (χ1v) is 6.84. The lowest BCUT2D eigenvalue weighted by molar-refractivity contribution is -0.137. The van der Waals surface area contributed by atoms with Crippen molar-refractivity contribution in [2.45, 2.75) is 52.0 Å². The Morgan fingerprint density at radius 3 is 2.50 bits per heavy atom. The van der Waals surface area contributed by atoms with E-state index in [2.05, 4.69) is 5.32 Å². The summed E-state index contributed by atoms with van der Waals surface area (Å²) in [6.07, 6.45) is 3.99. The molecule has 2 N–H and O–H groups in total. The van der Waals surface area contributed by atoms with Gasteiger partial charge in [0.1, 0.15) is 0 Å². The predicted molar refractivity (Wildman–Crippen MR) is 69.5 cm³/mol. The van der Waals surface area contributed by atoms with Crippen molar-refractivity contribution in [2.75, 3.05) is 13.1 Å². The molecule has 5 heteroatoms. The van der Waals surface area contributed by atoms with Gasteiger partial charge in [0.05, 0.1) is 6.42 Å². The molecule has 0 saturated heterocycles. The highest BCUT2D eigenvalue weighted by Crippen LogP contribution is 2.29. The lowest BCUT2D eigenvalue weighted by Gasteiger charge is -2.24. The lowest BCUT2D eigenvalue weighted by atomic mass is 10.1. The third kappa shape index (κ3) is 5.38. The van der Waals surface area contributed by atoms with Crippen LogP contribution in [0, 0.1) is 5.92 Å². The summed E-state index contributed by atoms with van der Waals surface area (Å²) in [6.45, 7) is 5.42. The summed E-state index contributed by atoms with van der Waals surface area (Å²) >= 11 is 0. The molecule has 0 aliphatic heterocycles. The molecule has 0 heterocycles. The summed E-state index contributed by atoms with van der Waals surface area (Å²) in [5.74, 6) is -0.209. The molecule has 1 unspecified atom stereocenters. The highest BCUT2D eigenvalue weighted by atomic mass is 16.4. The van der Waals surface area contributed by atoms with Crippen molar-refractivity contribution in [3.05, 3.63) is 0 Å². The maximum atomic E-state index is 12.0. The zero-order chi connectivity index (χ0) is 13.5. The van der Waals surface area contributed by atoms with Crippen LogP contribution in [0.2, 0.25) is 0 Å². The van der Waals surface area contributed by atoms with Gasteiger partial charge < -0.3 is 15.3 Å². The van der Waals surface area contributed by atoms with Crippen LogP contribution in [0.15, 0.2) is 0 Å². The van der Waals surface area contributed by atoms with Crippen LogP contribution in [0.5, 0.6) is 0 Å². The Morgan fingerprint density at radius 1 is 1.39 bits per heavy atom. The average Bonchev–Trinajstić information content (AvgIpc) is 3.08. The maximum Gasteiger partial charge on any atom is 0.317 e. The number of hydrogen-bond acceptors (Lipinski definition) is 2. The van der Waals surface area contributed by atoms with Crippen LogP contribution >= 0.6 is 0 Å². The number of amides is 2. The van der Waals surface area contributed by atoms with Gasteiger partial charge in [0.2, 0.25) is 0 Å². The summed E-state index contributed by atoms with van der Waals surface area (Å²) in [5, 5.41) is 11.6. The van der Waals surface area contributed by atoms with Gasteiger partial charge >= 0.3 is 12.0 Å². The molecule has 0 aromatic heterocycles. The first kappa shape index (κ1) is 14.8. The van der Waals surface area contributed by atoms with Crippen LogP contribution in [0.1, 0.15) is 46.0 Å². The smallest absolute Gasteiger partial charge is 0.317 e. The number of aliphatic carboxylic acids is 1. The van der Waals surface area contributed by atoms with Crippen molar-refractivity contribution < 1.29 is 14.7 Å². The SMILES string of the molecule is CCCC(CC(=O)O)NC(=O)N(CC)CC1CC1. The second-order valence-corrected chi connectivity index (χ2v) is 5.01. The third-order valence-electron chi connectivity index (χ3n) is 3.23. The molecule has 5 nitrogen and oxygen atoms in total. The summed E-state index contributed by atoms with van der Waals surface area (Å²) in [4.78, 5) is 24.5. The van der Waals surface area contributed by atoms with Gasteiger partial charge in [-0.25, -0.2) is 4.79 Å². The van der Waals surface area contributed by atoms with E-state index in [-0.39, 0.29) is 18.5 Å². The second kappa shape index (κ2) is 7.24. The molecule has 1 atom stereocenters. The van der Waals surface area contributed by atoms with Crippen LogP contribution < -0.4 is 5.32 Å². The quantitative estimate of drug-likeness (QED) is 0.698. The molecule has 18 heavy (non-hydrogen) atoms. The minimum absolute atomic E-state index is 0.000558. The molecule has 0 aromatic carbocycles. The van der Waals surface area contributed by atoms with Gasteiger partial charge in [0.25, 0.3) is 0 Å². The zero-order valence-electron chi connectivity index (χ0n) is 11.3. The highest BCUT2D eigenvalue weighted by molar-refractivity contribution is 5.76. The summed E-state index contributed by atoms with van der Waals surface area (Å²) < 4.78 is 0. The lowest BCUT2D eigenvalue weighted by Crippen LogP contribution is -2.46. The summed E-state index contributed by atoms with van der Waals surface area (Å²) in [7, 11) is 0. The summed E-state index contributed by atoms with van der Waals surface area (Å²) in [5.41, 5.74) is 0. The Hall–Kier alpha value is -1.26. The van der Waals surface area contributed by atoms with Crippen LogP contribution in [0.4, 0.5) is 4.79 Å². The fraction of sp³-hybridized carbons (Fsp3) is 0.846. The molecule has 0 spiro atoms. The molecular formula is C13H24N2O3. The number of nitrogens with zero attached hydrogens (tertiary/aromatic N) is 1. The first-order valence-electron chi connectivity index (χ1n) is 6.84. The molecular weight excluding hydrogens is 232 g/mol. The predicted octanol–water partition coefficient (Wildman–Crippen LogP) is 2.07. The van der Waals surface area contributed by atoms with E-state index in [9.17, 15) is 9.59 Å². The molecule has 1 aliphatic rings. The van der Waals surface area contributed by atoms with E-state index in [1.807, 2.05) is 13.8 Å². The number of carboxylic acid groups (broad SMARTS) is 1. The van der Waals surface area contributed by atoms with Crippen molar-refractivity contribution in [1.82, 2.24) is 10.2 Å². The summed E-state index contributed by atoms with van der Waals surface area (Å²) in [6, 6.07) is -0.377. The van der Waals surface area contributed by atoms with E-state index in [0.29, 0.717) is 18.9 Å². The van der Waals surface area contributed by atoms with Gasteiger partial charge in [0, 0.05) is 19.1 Å². The standard InChI is InChI=1S/C13H24N2O3/c1-3-5-11(8-12(16)17)14-13(18)15(4-2)9-10-6-7-10/h10-11H,3-9H2,1-2H3,(H,14,18)(H,16,17). The van der Waals surface area contributed by atoms with Crippen molar-refractivity contribution in [2.24, 2.45) is 5.92 Å². The number of carboxylic acids is 1. The third-order valence-corrected chi connectivity index (χ3v) is 3.23. The number of nitrogens with one attached hydrogen (secondary N) is 1. The van der Waals surface area contributed by atoms with Gasteiger partial charge in [0.15, 0.2) is 0 Å². The van der Waals surface area contributed by atoms with Crippen LogP contribution in [0.3, 0.4) is 0 Å². The van der Waals surface area contributed by atoms with Crippen LogP contribution in [-0.2, 0) is 4.79 Å². The molecule has 1 saturated carbocycles. The number of carbonyl (C=O) groups excluding carboxylic acids is 1. The molecule has 1 aliphatic carbocycles. The molecule has 2 amide bonds. The minimum Gasteiger partial charge on any atom is -0.481 e. The minimum atomic E-state index is -0.862. The fourth-order valence-electron chi connectivity index (χ4n) is 2.02. The van der Waals surface area contributed by atoms with E-state index in [0.717, 1.165) is 13.0 Å². The van der Waals surface area contributed by atoms with Gasteiger partial charge in [-0.3, -0.25) is 4.79 Å². The monoisotopic (exact) mass is 256 g/mol. The zero-order valence-corrected chi connectivity index (χ0v) is 11.3. The van der Waals surface area contributed by atoms with Crippen LogP contribution in [-0.4, -0.2) is 41.1 Å². The van der Waals surface area contributed by atoms with E-state index in [4.69, 9.17) is 5.11 Å². The Morgan fingerprint density at radius 2 is 2.06 bits per heavy atom. The number of carbonyl (C=O) groups is 2. The van der Waals surface area contributed by atoms with Crippen LogP contribution in [0.25, 0.3) is 0 Å². The molecule has 1 fully saturated rings. The Bertz CT molecular complexity index is 290. The molecule has 0 aromatic rings. The second-order valence-electron chi connectivity index (χ2n) is 5.01. The molecule has 0 radical (unpaired) electrons. The van der Waals surface area contributed by atoms with E-state index in [1.165, 1.54) is 12.8 Å². The van der Waals surface area contributed by atoms with Crippen molar-refractivity contribution >= 4 is 12.0 Å². The van der Waals surface area contributed by atoms with Crippen molar-refractivity contribution in [3.8, 4) is 0 Å². The van der Waals surface area contributed by atoms with E-state index >= 15 is 0 Å². The largest absolute Gasteiger partial charge is 0.481 e. The van der Waals surface area contributed by atoms with E-state index in [1.54, 1.807) is 4.90 Å². The highest BCUT2D eigenvalue weighted by Gasteiger charge is 2.27. The molecule has 0 bridgehead atoms. The number of hydrogen-bond donors (Lipinski definition) is 2. The van der Waals surface area contributed by atoms with Crippen molar-refractivity contribution in [3.63, 3.8) is 0 Å². The Labute approximate surface area is 109 Å². The average molecular weight is 256 g/mol. The van der Waals surface area contributed by atoms with Gasteiger partial charge in [-0.1, -0.05) is 13.3 Å². The van der Waals surface area contributed by atoms with Crippen molar-refractivity contribution in [1.29, 1.82) is 0 Å². The number of rotatable bonds is 8. The maximum absolute atomic E-state index is 12.0. The first-order chi connectivity index (χ1) is 8.56. The number of urea groups is 1. The molecule has 1 rings (SSSR count). The fourth-order valence-corrected chi connectivity index (χ4v) is 2.02. The van der Waals surface area contributed by atoms with Gasteiger partial charge in [-0.15, -0.1) is 0 Å². The van der Waals surface area contributed by atoms with Gasteiger partial charge in [-0.05, 0) is 32.1 Å². The van der Waals surface area contributed by atoms with Gasteiger partial charge in [-0.2, -0.15) is 0 Å².